The van der Waals surface area contributed by atoms with E-state index in [1.54, 1.807) is 6.07 Å². The molecule has 2 amide bonds. The number of anilines is 1. The number of rotatable bonds is 6. The molecule has 1 N–H and O–H groups in total. The van der Waals surface area contributed by atoms with Gasteiger partial charge < -0.3 is 15.1 Å². The number of nitrogens with zero attached hydrogens (tertiary/aromatic N) is 2. The van der Waals surface area contributed by atoms with Gasteiger partial charge in [-0.2, -0.15) is 0 Å². The van der Waals surface area contributed by atoms with E-state index in [-0.39, 0.29) is 11.8 Å². The molecule has 0 spiro atoms. The number of halogens is 1. The Labute approximate surface area is 184 Å². The molecule has 1 saturated heterocycles. The van der Waals surface area contributed by atoms with Crippen molar-refractivity contribution in [1.82, 2.24) is 10.2 Å². The molecule has 0 radical (unpaired) electrons. The first-order valence-electron chi connectivity index (χ1n) is 10.5. The van der Waals surface area contributed by atoms with Gasteiger partial charge >= 0.3 is 0 Å². The summed E-state index contributed by atoms with van der Waals surface area (Å²) in [6.45, 7) is 8.69. The van der Waals surface area contributed by atoms with Crippen molar-refractivity contribution in [1.29, 1.82) is 0 Å². The van der Waals surface area contributed by atoms with E-state index in [0.29, 0.717) is 31.0 Å². The molecule has 1 fully saturated rings. The molecule has 0 aromatic heterocycles. The Kier molecular flexibility index (Phi) is 7.38. The fraction of sp³-hybridized carbons (Fsp3) is 0.417. The summed E-state index contributed by atoms with van der Waals surface area (Å²) in [6.07, 6.45) is 0.612. The third-order valence-corrected chi connectivity index (χ3v) is 5.80. The minimum absolute atomic E-state index is 0.00978. The first-order chi connectivity index (χ1) is 14.4. The Hall–Kier alpha value is -2.53. The van der Waals surface area contributed by atoms with Gasteiger partial charge in [-0.3, -0.25) is 9.59 Å². The molecule has 0 aliphatic carbocycles. The average molecular weight is 428 g/mol. The van der Waals surface area contributed by atoms with Crippen molar-refractivity contribution >= 4 is 29.1 Å². The lowest BCUT2D eigenvalue weighted by Crippen LogP contribution is -2.55. The van der Waals surface area contributed by atoms with Crippen molar-refractivity contribution in [2.75, 3.05) is 31.1 Å². The highest BCUT2D eigenvalue weighted by atomic mass is 35.5. The maximum Gasteiger partial charge on any atom is 0.252 e. The van der Waals surface area contributed by atoms with Crippen LogP contribution < -0.4 is 10.2 Å². The summed E-state index contributed by atoms with van der Waals surface area (Å²) in [5.74, 6) is 0.0896. The maximum absolute atomic E-state index is 13.3. The van der Waals surface area contributed by atoms with Crippen molar-refractivity contribution in [3.63, 3.8) is 0 Å². The predicted octanol–water partition coefficient (Wildman–Crippen LogP) is 4.14. The molecule has 1 heterocycles. The molecule has 30 heavy (non-hydrogen) atoms. The average Bonchev–Trinajstić information content (AvgIpc) is 2.73. The molecule has 2 aromatic rings. The van der Waals surface area contributed by atoms with E-state index < -0.39 is 6.04 Å². The van der Waals surface area contributed by atoms with Crippen LogP contribution in [0.2, 0.25) is 5.02 Å². The van der Waals surface area contributed by atoms with Crippen LogP contribution in [0.3, 0.4) is 0 Å². The van der Waals surface area contributed by atoms with E-state index in [2.05, 4.69) is 24.1 Å². The maximum atomic E-state index is 13.3. The molecule has 0 bridgehead atoms. The second-order valence-corrected chi connectivity index (χ2v) is 8.64. The summed E-state index contributed by atoms with van der Waals surface area (Å²) >= 11 is 6.32. The molecule has 1 atom stereocenters. The number of aryl methyl sites for hydroxylation is 1. The highest BCUT2D eigenvalue weighted by Crippen LogP contribution is 2.26. The molecule has 1 aliphatic rings. The smallest absolute Gasteiger partial charge is 0.252 e. The summed E-state index contributed by atoms with van der Waals surface area (Å²) < 4.78 is 0. The zero-order valence-electron chi connectivity index (χ0n) is 17.9. The summed E-state index contributed by atoms with van der Waals surface area (Å²) in [5.41, 5.74) is 2.51. The number of hydrogen-bond acceptors (Lipinski definition) is 3. The van der Waals surface area contributed by atoms with Gasteiger partial charge in [-0.05, 0) is 43.0 Å². The standard InChI is InChI=1S/C24H30ClN3O2/c1-17(2)16-21(26-23(29)19-9-5-4-8-18(19)3)24(30)28-14-12-27(13-15-28)22-11-7-6-10-20(22)25/h4-11,17,21H,12-16H2,1-3H3,(H,26,29)/t21-/m0/s1. The Morgan fingerprint density at radius 1 is 1.00 bits per heavy atom. The van der Waals surface area contributed by atoms with Crippen LogP contribution in [0.25, 0.3) is 0 Å². The predicted molar refractivity (Wildman–Crippen MR) is 122 cm³/mol. The molecular weight excluding hydrogens is 398 g/mol. The topological polar surface area (TPSA) is 52.7 Å². The molecule has 1 aliphatic heterocycles. The highest BCUT2D eigenvalue weighted by Gasteiger charge is 2.30. The van der Waals surface area contributed by atoms with Crippen molar-refractivity contribution in [2.45, 2.75) is 33.2 Å². The van der Waals surface area contributed by atoms with E-state index in [0.717, 1.165) is 29.4 Å². The molecule has 5 nitrogen and oxygen atoms in total. The van der Waals surface area contributed by atoms with Crippen molar-refractivity contribution in [2.24, 2.45) is 5.92 Å². The van der Waals surface area contributed by atoms with Gasteiger partial charge in [0.25, 0.3) is 5.91 Å². The molecule has 0 saturated carbocycles. The summed E-state index contributed by atoms with van der Waals surface area (Å²) in [7, 11) is 0. The van der Waals surface area contributed by atoms with Crippen LogP contribution in [-0.4, -0.2) is 48.9 Å². The van der Waals surface area contributed by atoms with Gasteiger partial charge in [-0.15, -0.1) is 0 Å². The Morgan fingerprint density at radius 2 is 1.63 bits per heavy atom. The minimum Gasteiger partial charge on any atom is -0.367 e. The van der Waals surface area contributed by atoms with Gasteiger partial charge in [0.05, 0.1) is 10.7 Å². The Morgan fingerprint density at radius 3 is 2.27 bits per heavy atom. The van der Waals surface area contributed by atoms with Crippen LogP contribution in [0.4, 0.5) is 5.69 Å². The number of carbonyl (C=O) groups is 2. The van der Waals surface area contributed by atoms with Crippen LogP contribution in [-0.2, 0) is 4.79 Å². The number of piperazine rings is 1. The number of nitrogens with one attached hydrogen (secondary N) is 1. The molecule has 6 heteroatoms. The number of hydrogen-bond donors (Lipinski definition) is 1. The highest BCUT2D eigenvalue weighted by molar-refractivity contribution is 6.33. The van der Waals surface area contributed by atoms with E-state index in [1.807, 2.05) is 54.3 Å². The van der Waals surface area contributed by atoms with Gasteiger partial charge in [-0.25, -0.2) is 0 Å². The quantitative estimate of drug-likeness (QED) is 0.753. The van der Waals surface area contributed by atoms with E-state index in [9.17, 15) is 9.59 Å². The lowest BCUT2D eigenvalue weighted by Gasteiger charge is -2.38. The Balaban J connectivity index is 1.66. The summed E-state index contributed by atoms with van der Waals surface area (Å²) in [5, 5.41) is 3.71. The van der Waals surface area contributed by atoms with Gasteiger partial charge in [-0.1, -0.05) is 55.8 Å². The lowest BCUT2D eigenvalue weighted by atomic mass is 10.0. The van der Waals surface area contributed by atoms with E-state index in [4.69, 9.17) is 11.6 Å². The molecule has 2 aromatic carbocycles. The van der Waals surface area contributed by atoms with Crippen LogP contribution >= 0.6 is 11.6 Å². The number of amides is 2. The van der Waals surface area contributed by atoms with Crippen LogP contribution in [0.1, 0.15) is 36.2 Å². The van der Waals surface area contributed by atoms with Crippen LogP contribution in [0.5, 0.6) is 0 Å². The fourth-order valence-electron chi connectivity index (χ4n) is 3.85. The van der Waals surface area contributed by atoms with Crippen molar-refractivity contribution in [3.8, 4) is 0 Å². The monoisotopic (exact) mass is 427 g/mol. The van der Waals surface area contributed by atoms with Crippen LogP contribution in [0.15, 0.2) is 48.5 Å². The first-order valence-corrected chi connectivity index (χ1v) is 10.9. The number of carbonyl (C=O) groups excluding carboxylic acids is 2. The molecule has 3 rings (SSSR count). The van der Waals surface area contributed by atoms with E-state index in [1.165, 1.54) is 0 Å². The van der Waals surface area contributed by atoms with Crippen LogP contribution in [0, 0.1) is 12.8 Å². The molecule has 0 unspecified atom stereocenters. The second kappa shape index (κ2) is 9.98. The van der Waals surface area contributed by atoms with Crippen molar-refractivity contribution < 1.29 is 9.59 Å². The zero-order chi connectivity index (χ0) is 21.7. The zero-order valence-corrected chi connectivity index (χ0v) is 18.7. The van der Waals surface area contributed by atoms with Gasteiger partial charge in [0.1, 0.15) is 6.04 Å². The van der Waals surface area contributed by atoms with E-state index >= 15 is 0 Å². The fourth-order valence-corrected chi connectivity index (χ4v) is 4.11. The molecular formula is C24H30ClN3O2. The molecule has 160 valence electrons. The van der Waals surface area contributed by atoms with Crippen molar-refractivity contribution in [3.05, 3.63) is 64.7 Å². The number of benzene rings is 2. The van der Waals surface area contributed by atoms with Gasteiger partial charge in [0.2, 0.25) is 5.91 Å². The third-order valence-electron chi connectivity index (χ3n) is 5.48. The first kappa shape index (κ1) is 22.2. The number of para-hydroxylation sites is 1. The van der Waals surface area contributed by atoms with Gasteiger partial charge in [0.15, 0.2) is 0 Å². The minimum atomic E-state index is -0.524. The van der Waals surface area contributed by atoms with Gasteiger partial charge in [0, 0.05) is 31.7 Å². The lowest BCUT2D eigenvalue weighted by molar-refractivity contribution is -0.134. The SMILES string of the molecule is Cc1ccccc1C(=O)N[C@@H](CC(C)C)C(=O)N1CCN(c2ccccc2Cl)CC1. The largest absolute Gasteiger partial charge is 0.367 e. The normalized spacial score (nSPS) is 15.2. The Bertz CT molecular complexity index is 892. The summed E-state index contributed by atoms with van der Waals surface area (Å²) in [4.78, 5) is 30.1. The summed E-state index contributed by atoms with van der Waals surface area (Å²) in [6, 6.07) is 14.7. The third kappa shape index (κ3) is 5.33. The second-order valence-electron chi connectivity index (χ2n) is 8.23.